The van der Waals surface area contributed by atoms with Crippen LogP contribution in [0.2, 0.25) is 10.0 Å². The molecule has 0 aliphatic carbocycles. The molecular weight excluding hydrogens is 561 g/mol. The Labute approximate surface area is 220 Å². The number of rotatable bonds is 8. The highest BCUT2D eigenvalue weighted by Crippen LogP contribution is 2.37. The van der Waals surface area contributed by atoms with E-state index in [0.717, 1.165) is 0 Å². The molecule has 0 atom stereocenters. The number of benzene rings is 3. The Bertz CT molecular complexity index is 1230. The molecule has 0 saturated carbocycles. The molecule has 0 aromatic heterocycles. The van der Waals surface area contributed by atoms with E-state index in [0.29, 0.717) is 48.6 Å². The van der Waals surface area contributed by atoms with Gasteiger partial charge in [0.15, 0.2) is 11.5 Å². The summed E-state index contributed by atoms with van der Waals surface area (Å²) in [5.74, 6) is -0.327. The van der Waals surface area contributed by atoms with Crippen molar-refractivity contribution in [1.29, 1.82) is 0 Å². The van der Waals surface area contributed by atoms with Gasteiger partial charge in [0.2, 0.25) is 0 Å². The molecule has 3 rings (SSSR count). The summed E-state index contributed by atoms with van der Waals surface area (Å²) in [5.41, 5.74) is 3.84. The highest BCUT2D eigenvalue weighted by molar-refractivity contribution is 9.10. The van der Waals surface area contributed by atoms with E-state index in [2.05, 4.69) is 31.8 Å². The van der Waals surface area contributed by atoms with Crippen LogP contribution in [0.5, 0.6) is 17.2 Å². The molecule has 3 aromatic rings. The summed E-state index contributed by atoms with van der Waals surface area (Å²) in [7, 11) is 3.02. The molecule has 11 heteroatoms. The minimum absolute atomic E-state index is 0.125. The molecule has 2 amide bonds. The van der Waals surface area contributed by atoms with E-state index >= 15 is 0 Å². The van der Waals surface area contributed by atoms with Gasteiger partial charge in [0.05, 0.1) is 24.9 Å². The van der Waals surface area contributed by atoms with Crippen molar-refractivity contribution in [3.63, 3.8) is 0 Å². The van der Waals surface area contributed by atoms with E-state index in [1.54, 1.807) is 54.6 Å². The van der Waals surface area contributed by atoms with E-state index in [1.165, 1.54) is 20.4 Å². The van der Waals surface area contributed by atoms with Gasteiger partial charge in [0, 0.05) is 21.3 Å². The summed E-state index contributed by atoms with van der Waals surface area (Å²) in [4.78, 5) is 24.1. The summed E-state index contributed by atoms with van der Waals surface area (Å²) in [6.45, 7) is 0.125. The zero-order chi connectivity index (χ0) is 25.4. The van der Waals surface area contributed by atoms with Crippen LogP contribution in [0.1, 0.15) is 11.1 Å². The predicted molar refractivity (Wildman–Crippen MR) is 139 cm³/mol. The van der Waals surface area contributed by atoms with Crippen LogP contribution in [-0.2, 0) is 16.2 Å². The molecule has 35 heavy (non-hydrogen) atoms. The number of carbonyl (C=O) groups is 2. The zero-order valence-corrected chi connectivity index (χ0v) is 21.7. The number of anilines is 1. The third kappa shape index (κ3) is 7.11. The minimum atomic E-state index is -0.931. The Hall–Kier alpha value is -3.27. The Kier molecular flexibility index (Phi) is 9.36. The maximum Gasteiger partial charge on any atom is 0.329 e. The van der Waals surface area contributed by atoms with Crippen molar-refractivity contribution in [2.24, 2.45) is 5.10 Å². The van der Waals surface area contributed by atoms with Crippen LogP contribution in [0, 0.1) is 0 Å². The highest BCUT2D eigenvalue weighted by atomic mass is 79.9. The maximum atomic E-state index is 12.1. The van der Waals surface area contributed by atoms with Crippen molar-refractivity contribution < 1.29 is 23.8 Å². The molecule has 0 aliphatic rings. The molecule has 0 unspecified atom stereocenters. The number of ether oxygens (including phenoxy) is 3. The molecule has 0 fully saturated rings. The Balaban J connectivity index is 1.63. The molecule has 0 saturated heterocycles. The van der Waals surface area contributed by atoms with Gasteiger partial charge in [0.25, 0.3) is 0 Å². The van der Waals surface area contributed by atoms with Gasteiger partial charge in [-0.05, 0) is 70.0 Å². The van der Waals surface area contributed by atoms with Crippen molar-refractivity contribution in [3.8, 4) is 17.2 Å². The summed E-state index contributed by atoms with van der Waals surface area (Å²) >= 11 is 15.9. The van der Waals surface area contributed by atoms with Gasteiger partial charge in [-0.25, -0.2) is 5.43 Å². The lowest BCUT2D eigenvalue weighted by molar-refractivity contribution is -0.136. The summed E-state index contributed by atoms with van der Waals surface area (Å²) in [6, 6.07) is 15.1. The summed E-state index contributed by atoms with van der Waals surface area (Å²) < 4.78 is 16.9. The zero-order valence-electron chi connectivity index (χ0n) is 18.6. The largest absolute Gasteiger partial charge is 0.497 e. The van der Waals surface area contributed by atoms with Crippen molar-refractivity contribution in [3.05, 3.63) is 80.2 Å². The van der Waals surface area contributed by atoms with E-state index < -0.39 is 11.8 Å². The number of carbonyl (C=O) groups excluding carboxylic acids is 2. The third-order valence-electron chi connectivity index (χ3n) is 4.61. The fourth-order valence-electron chi connectivity index (χ4n) is 2.85. The molecule has 3 aromatic carbocycles. The third-order valence-corrected chi connectivity index (χ3v) is 5.91. The number of halogens is 3. The first-order valence-electron chi connectivity index (χ1n) is 10.0. The van der Waals surface area contributed by atoms with Crippen molar-refractivity contribution in [2.45, 2.75) is 6.61 Å². The quantitative estimate of drug-likeness (QED) is 0.210. The molecule has 2 N–H and O–H groups in total. The van der Waals surface area contributed by atoms with Gasteiger partial charge in [-0.2, -0.15) is 5.10 Å². The molecule has 8 nitrogen and oxygen atoms in total. The van der Waals surface area contributed by atoms with Gasteiger partial charge in [-0.15, -0.1) is 0 Å². The fraction of sp³-hybridized carbons (Fsp3) is 0.125. The van der Waals surface area contributed by atoms with Gasteiger partial charge in [-0.1, -0.05) is 29.3 Å². The second kappa shape index (κ2) is 12.4. The lowest BCUT2D eigenvalue weighted by Crippen LogP contribution is -2.32. The second-order valence-electron chi connectivity index (χ2n) is 6.90. The van der Waals surface area contributed by atoms with Gasteiger partial charge < -0.3 is 19.5 Å². The first-order valence-corrected chi connectivity index (χ1v) is 11.6. The van der Waals surface area contributed by atoms with Crippen molar-refractivity contribution in [2.75, 3.05) is 19.5 Å². The normalized spacial score (nSPS) is 10.7. The number of nitrogens with zero attached hydrogens (tertiary/aromatic N) is 1. The van der Waals surface area contributed by atoms with Crippen LogP contribution >= 0.6 is 39.1 Å². The van der Waals surface area contributed by atoms with E-state index in [9.17, 15) is 9.59 Å². The Morgan fingerprint density at radius 1 is 1.00 bits per heavy atom. The second-order valence-corrected chi connectivity index (χ2v) is 8.57. The molecule has 0 bridgehead atoms. The number of hydrazone groups is 1. The van der Waals surface area contributed by atoms with Gasteiger partial charge in [-0.3, -0.25) is 9.59 Å². The standard InChI is InChI=1S/C24H20BrCl2N3O5/c1-33-16-8-6-15(7-9-16)29-23(31)24(32)30-28-12-14-10-18(25)22(21(11-14)34-2)35-13-17-19(26)4-3-5-20(17)27/h3-12H,13H2,1-2H3,(H,29,31)(H,30,32). The van der Waals surface area contributed by atoms with Crippen LogP contribution in [0.4, 0.5) is 5.69 Å². The topological polar surface area (TPSA) is 98.2 Å². The molecule has 182 valence electrons. The van der Waals surface area contributed by atoms with Crippen LogP contribution in [0.3, 0.4) is 0 Å². The van der Waals surface area contributed by atoms with Crippen molar-refractivity contribution in [1.82, 2.24) is 5.43 Å². The molecule has 0 radical (unpaired) electrons. The number of hydrogen-bond acceptors (Lipinski definition) is 6. The van der Waals surface area contributed by atoms with E-state index in [4.69, 9.17) is 37.4 Å². The smallest absolute Gasteiger partial charge is 0.329 e. The van der Waals surface area contributed by atoms with Crippen LogP contribution in [0.25, 0.3) is 0 Å². The van der Waals surface area contributed by atoms with Gasteiger partial charge in [0.1, 0.15) is 12.4 Å². The van der Waals surface area contributed by atoms with E-state index in [-0.39, 0.29) is 6.61 Å². The Morgan fingerprint density at radius 2 is 1.69 bits per heavy atom. The average molecular weight is 581 g/mol. The fourth-order valence-corrected chi connectivity index (χ4v) is 3.93. The number of hydrogen-bond donors (Lipinski definition) is 2. The highest BCUT2D eigenvalue weighted by Gasteiger charge is 2.15. The lowest BCUT2D eigenvalue weighted by atomic mass is 10.2. The number of methoxy groups -OCH3 is 2. The van der Waals surface area contributed by atoms with Crippen LogP contribution < -0.4 is 25.0 Å². The SMILES string of the molecule is COc1ccc(NC(=O)C(=O)NN=Cc2cc(Br)c(OCc3c(Cl)cccc3Cl)c(OC)c2)cc1. The lowest BCUT2D eigenvalue weighted by Gasteiger charge is -2.14. The predicted octanol–water partition coefficient (Wildman–Crippen LogP) is 5.44. The van der Waals surface area contributed by atoms with Crippen molar-refractivity contribution >= 4 is 62.8 Å². The molecular formula is C24H20BrCl2N3O5. The average Bonchev–Trinajstić information content (AvgIpc) is 2.84. The van der Waals surface area contributed by atoms with Crippen LogP contribution in [-0.4, -0.2) is 32.2 Å². The Morgan fingerprint density at radius 3 is 2.31 bits per heavy atom. The number of amides is 2. The minimum Gasteiger partial charge on any atom is -0.497 e. The summed E-state index contributed by atoms with van der Waals surface area (Å²) in [6.07, 6.45) is 1.36. The monoisotopic (exact) mass is 579 g/mol. The number of nitrogens with one attached hydrogen (secondary N) is 2. The maximum absolute atomic E-state index is 12.1. The summed E-state index contributed by atoms with van der Waals surface area (Å²) in [5, 5.41) is 7.28. The van der Waals surface area contributed by atoms with Crippen LogP contribution in [0.15, 0.2) is 64.2 Å². The van der Waals surface area contributed by atoms with E-state index in [1.807, 2.05) is 0 Å². The molecule has 0 spiro atoms. The molecule has 0 aliphatic heterocycles. The molecule has 0 heterocycles. The first-order chi connectivity index (χ1) is 16.8. The van der Waals surface area contributed by atoms with Gasteiger partial charge >= 0.3 is 11.8 Å². The first kappa shape index (κ1) is 26.3.